The second kappa shape index (κ2) is 4.37. The number of nitro groups is 1. The van der Waals surface area contributed by atoms with Gasteiger partial charge in [0.1, 0.15) is 4.90 Å². The van der Waals surface area contributed by atoms with Crippen LogP contribution in [0.3, 0.4) is 0 Å². The molecule has 17 heavy (non-hydrogen) atoms. The maximum atomic E-state index is 11.6. The highest BCUT2D eigenvalue weighted by atomic mass is 32.2. The molecule has 0 aliphatic heterocycles. The van der Waals surface area contributed by atoms with E-state index >= 15 is 0 Å². The molecule has 1 rings (SSSR count). The highest BCUT2D eigenvalue weighted by Crippen LogP contribution is 2.26. The average molecular weight is 260 g/mol. The van der Waals surface area contributed by atoms with Crippen molar-refractivity contribution in [2.75, 3.05) is 11.5 Å². The average Bonchev–Trinajstić information content (AvgIpc) is 2.14. The van der Waals surface area contributed by atoms with E-state index in [0.29, 0.717) is 0 Å². The molecular formula is C8H8N2O6S. The van der Waals surface area contributed by atoms with Crippen LogP contribution in [0.1, 0.15) is 0 Å². The number of aliphatic carboxylic acids is 1. The van der Waals surface area contributed by atoms with Crippen LogP contribution in [0.15, 0.2) is 23.1 Å². The molecular weight excluding hydrogens is 252 g/mol. The van der Waals surface area contributed by atoms with Crippen molar-refractivity contribution in [3.8, 4) is 0 Å². The summed E-state index contributed by atoms with van der Waals surface area (Å²) in [6.07, 6.45) is 0. The van der Waals surface area contributed by atoms with Crippen LogP contribution in [0, 0.1) is 10.1 Å². The Morgan fingerprint density at radius 2 is 2.06 bits per heavy atom. The van der Waals surface area contributed by atoms with Gasteiger partial charge in [-0.3, -0.25) is 14.9 Å². The van der Waals surface area contributed by atoms with Crippen molar-refractivity contribution >= 4 is 27.2 Å². The minimum Gasteiger partial charge on any atom is -0.480 e. The lowest BCUT2D eigenvalue weighted by molar-refractivity contribution is -0.387. The van der Waals surface area contributed by atoms with E-state index < -0.39 is 37.1 Å². The van der Waals surface area contributed by atoms with Crippen molar-refractivity contribution in [3.05, 3.63) is 28.3 Å². The van der Waals surface area contributed by atoms with E-state index in [1.165, 1.54) is 0 Å². The van der Waals surface area contributed by atoms with Crippen LogP contribution in [-0.4, -0.2) is 30.2 Å². The van der Waals surface area contributed by atoms with E-state index in [9.17, 15) is 23.3 Å². The molecule has 0 heterocycles. The number of benzene rings is 1. The third kappa shape index (κ3) is 2.91. The molecule has 1 aromatic rings. The molecule has 0 atom stereocenters. The summed E-state index contributed by atoms with van der Waals surface area (Å²) < 4.78 is 23.1. The predicted octanol–water partition coefficient (Wildman–Crippen LogP) is 0.0353. The molecule has 0 aliphatic rings. The maximum absolute atomic E-state index is 11.6. The topological polar surface area (TPSA) is 141 Å². The molecule has 9 heteroatoms. The molecule has 0 aromatic heterocycles. The van der Waals surface area contributed by atoms with E-state index in [1.54, 1.807) is 0 Å². The molecule has 0 amide bonds. The summed E-state index contributed by atoms with van der Waals surface area (Å²) >= 11 is 0. The molecule has 8 nitrogen and oxygen atoms in total. The lowest BCUT2D eigenvalue weighted by atomic mass is 10.3. The largest absolute Gasteiger partial charge is 0.480 e. The Labute approximate surface area is 95.7 Å². The molecule has 0 aliphatic carbocycles. The quantitative estimate of drug-likeness (QED) is 0.442. The SMILES string of the molecule is Nc1ccc(S(=O)(=O)CC(=O)O)c([N+](=O)[O-])c1. The van der Waals surface area contributed by atoms with Crippen molar-refractivity contribution in [2.24, 2.45) is 0 Å². The zero-order valence-electron chi connectivity index (χ0n) is 8.36. The van der Waals surface area contributed by atoms with Gasteiger partial charge in [-0.25, -0.2) is 8.42 Å². The number of sulfone groups is 1. The Balaban J connectivity index is 3.41. The first-order valence-corrected chi connectivity index (χ1v) is 5.88. The van der Waals surface area contributed by atoms with Crippen LogP contribution in [0.2, 0.25) is 0 Å². The fourth-order valence-electron chi connectivity index (χ4n) is 1.18. The lowest BCUT2D eigenvalue weighted by Crippen LogP contribution is -2.16. The minimum atomic E-state index is -4.25. The zero-order valence-corrected chi connectivity index (χ0v) is 9.18. The number of hydrogen-bond donors (Lipinski definition) is 2. The number of nitrogens with zero attached hydrogens (tertiary/aromatic N) is 1. The highest BCUT2D eigenvalue weighted by Gasteiger charge is 2.28. The van der Waals surface area contributed by atoms with E-state index in [4.69, 9.17) is 10.8 Å². The van der Waals surface area contributed by atoms with E-state index in [1.807, 2.05) is 0 Å². The molecule has 0 spiro atoms. The van der Waals surface area contributed by atoms with Crippen LogP contribution in [-0.2, 0) is 14.6 Å². The van der Waals surface area contributed by atoms with Gasteiger partial charge in [-0.05, 0) is 12.1 Å². The van der Waals surface area contributed by atoms with E-state index in [0.717, 1.165) is 18.2 Å². The molecule has 3 N–H and O–H groups in total. The Hall–Kier alpha value is -2.16. The van der Waals surface area contributed by atoms with Crippen molar-refractivity contribution in [1.82, 2.24) is 0 Å². The smallest absolute Gasteiger partial charge is 0.319 e. The van der Waals surface area contributed by atoms with Gasteiger partial charge in [0, 0.05) is 11.8 Å². The fraction of sp³-hybridized carbons (Fsp3) is 0.125. The Bertz CT molecular complexity index is 580. The highest BCUT2D eigenvalue weighted by molar-refractivity contribution is 7.92. The molecule has 1 aromatic carbocycles. The Morgan fingerprint density at radius 3 is 2.53 bits per heavy atom. The molecule has 0 bridgehead atoms. The van der Waals surface area contributed by atoms with Gasteiger partial charge in [0.05, 0.1) is 4.92 Å². The first-order chi connectivity index (χ1) is 7.74. The molecule has 0 saturated heterocycles. The number of carbonyl (C=O) groups is 1. The van der Waals surface area contributed by atoms with Gasteiger partial charge < -0.3 is 10.8 Å². The zero-order chi connectivity index (χ0) is 13.2. The lowest BCUT2D eigenvalue weighted by Gasteiger charge is -2.03. The number of nitrogen functional groups attached to an aromatic ring is 1. The van der Waals surface area contributed by atoms with Gasteiger partial charge in [-0.2, -0.15) is 0 Å². The minimum absolute atomic E-state index is 0.0194. The molecule has 0 saturated carbocycles. The van der Waals surface area contributed by atoms with Crippen LogP contribution in [0.4, 0.5) is 11.4 Å². The first kappa shape index (κ1) is 12.9. The molecule has 0 fully saturated rings. The molecule has 92 valence electrons. The van der Waals surface area contributed by atoms with Crippen molar-refractivity contribution < 1.29 is 23.2 Å². The standard InChI is InChI=1S/C8H8N2O6S/c9-5-1-2-7(6(3-5)10(13)14)17(15,16)4-8(11)12/h1-3H,4,9H2,(H,11,12). The number of carboxylic acids is 1. The summed E-state index contributed by atoms with van der Waals surface area (Å²) in [5, 5.41) is 19.1. The van der Waals surface area contributed by atoms with Crippen LogP contribution >= 0.6 is 0 Å². The van der Waals surface area contributed by atoms with Crippen LogP contribution < -0.4 is 5.73 Å². The molecule has 0 unspecified atom stereocenters. The summed E-state index contributed by atoms with van der Waals surface area (Å²) in [5.74, 6) is -2.80. The number of rotatable bonds is 4. The van der Waals surface area contributed by atoms with Gasteiger partial charge in [-0.1, -0.05) is 0 Å². The molecule has 0 radical (unpaired) electrons. The fourth-order valence-corrected chi connectivity index (χ4v) is 2.39. The van der Waals surface area contributed by atoms with Crippen LogP contribution in [0.25, 0.3) is 0 Å². The monoisotopic (exact) mass is 260 g/mol. The summed E-state index contributed by atoms with van der Waals surface area (Å²) in [5.41, 5.74) is 4.58. The van der Waals surface area contributed by atoms with Gasteiger partial charge in [-0.15, -0.1) is 0 Å². The van der Waals surface area contributed by atoms with Crippen molar-refractivity contribution in [1.29, 1.82) is 0 Å². The maximum Gasteiger partial charge on any atom is 0.319 e. The van der Waals surface area contributed by atoms with Gasteiger partial charge >= 0.3 is 5.97 Å². The summed E-state index contributed by atoms with van der Waals surface area (Å²) in [6, 6.07) is 2.95. The number of hydrogen-bond acceptors (Lipinski definition) is 6. The first-order valence-electron chi connectivity index (χ1n) is 4.22. The predicted molar refractivity (Wildman–Crippen MR) is 57.2 cm³/mol. The number of carboxylic acid groups (broad SMARTS) is 1. The number of anilines is 1. The number of nitrogens with two attached hydrogens (primary N) is 1. The normalized spacial score (nSPS) is 11.1. The van der Waals surface area contributed by atoms with Crippen molar-refractivity contribution in [2.45, 2.75) is 4.90 Å². The second-order valence-corrected chi connectivity index (χ2v) is 5.10. The Morgan fingerprint density at radius 1 is 1.47 bits per heavy atom. The van der Waals surface area contributed by atoms with E-state index in [2.05, 4.69) is 0 Å². The third-order valence-electron chi connectivity index (χ3n) is 1.83. The van der Waals surface area contributed by atoms with Gasteiger partial charge in [0.15, 0.2) is 15.6 Å². The third-order valence-corrected chi connectivity index (χ3v) is 3.47. The van der Waals surface area contributed by atoms with Gasteiger partial charge in [0.25, 0.3) is 5.69 Å². The Kier molecular flexibility index (Phi) is 3.32. The second-order valence-electron chi connectivity index (χ2n) is 3.14. The summed E-state index contributed by atoms with van der Waals surface area (Å²) in [6.45, 7) is 0. The summed E-state index contributed by atoms with van der Waals surface area (Å²) in [4.78, 5) is 19.4. The van der Waals surface area contributed by atoms with Crippen molar-refractivity contribution in [3.63, 3.8) is 0 Å². The number of nitro benzene ring substituents is 1. The van der Waals surface area contributed by atoms with Gasteiger partial charge in [0.2, 0.25) is 0 Å². The van der Waals surface area contributed by atoms with Crippen LogP contribution in [0.5, 0.6) is 0 Å². The van der Waals surface area contributed by atoms with E-state index in [-0.39, 0.29) is 5.69 Å². The summed E-state index contributed by atoms with van der Waals surface area (Å²) in [7, 11) is -4.25.